The maximum atomic E-state index is 11.9. The summed E-state index contributed by atoms with van der Waals surface area (Å²) >= 11 is 0. The van der Waals surface area contributed by atoms with Crippen LogP contribution in [0.2, 0.25) is 0 Å². The van der Waals surface area contributed by atoms with Crippen molar-refractivity contribution >= 4 is 9.84 Å². The van der Waals surface area contributed by atoms with Crippen LogP contribution in [0.4, 0.5) is 13.2 Å². The molecule has 0 unspecified atom stereocenters. The first-order valence-electron chi connectivity index (χ1n) is 4.09. The van der Waals surface area contributed by atoms with Gasteiger partial charge in [-0.25, -0.2) is 8.42 Å². The normalized spacial score (nSPS) is 16.1. The third kappa shape index (κ3) is 8.10. The summed E-state index contributed by atoms with van der Waals surface area (Å²) in [6.45, 7) is 1.59. The Bertz CT molecular complexity index is 290. The van der Waals surface area contributed by atoms with Crippen molar-refractivity contribution in [3.05, 3.63) is 11.5 Å². The highest BCUT2D eigenvalue weighted by Gasteiger charge is 2.30. The first kappa shape index (κ1) is 13.5. The van der Waals surface area contributed by atoms with E-state index in [2.05, 4.69) is 0 Å². The Kier molecular flexibility index (Phi) is 4.64. The molecule has 0 saturated heterocycles. The second kappa shape index (κ2) is 4.82. The molecule has 0 aliphatic rings. The smallest absolute Gasteiger partial charge is 0.225 e. The molecule has 0 saturated carbocycles. The molecule has 0 spiro atoms. The monoisotopic (exact) mass is 230 g/mol. The van der Waals surface area contributed by atoms with E-state index in [1.165, 1.54) is 0 Å². The average Bonchev–Trinajstić information content (AvgIpc) is 1.94. The molecule has 0 N–H and O–H groups in total. The van der Waals surface area contributed by atoms with Crippen LogP contribution in [0.1, 0.15) is 19.8 Å². The maximum Gasteiger partial charge on any atom is 0.389 e. The molecule has 6 heteroatoms. The van der Waals surface area contributed by atoms with Gasteiger partial charge in [0.25, 0.3) is 0 Å². The number of halogens is 3. The molecule has 0 fully saturated rings. The highest BCUT2D eigenvalue weighted by atomic mass is 32.2. The Morgan fingerprint density at radius 1 is 1.36 bits per heavy atom. The van der Waals surface area contributed by atoms with E-state index in [9.17, 15) is 21.6 Å². The summed E-state index contributed by atoms with van der Waals surface area (Å²) in [6.07, 6.45) is -2.91. The maximum absolute atomic E-state index is 11.9. The van der Waals surface area contributed by atoms with E-state index in [-0.39, 0.29) is 6.42 Å². The van der Waals surface area contributed by atoms with Crippen molar-refractivity contribution in [1.82, 2.24) is 0 Å². The zero-order valence-corrected chi connectivity index (χ0v) is 8.82. The van der Waals surface area contributed by atoms with Crippen LogP contribution in [0.15, 0.2) is 11.5 Å². The molecule has 0 bridgehead atoms. The van der Waals surface area contributed by atoms with Crippen LogP contribution in [0.3, 0.4) is 0 Å². The van der Waals surface area contributed by atoms with Crippen molar-refractivity contribution in [2.75, 3.05) is 6.26 Å². The molecule has 0 aliphatic heterocycles. The van der Waals surface area contributed by atoms with E-state index in [0.717, 1.165) is 17.7 Å². The van der Waals surface area contributed by atoms with Gasteiger partial charge in [0, 0.05) is 18.1 Å². The number of rotatable bonds is 4. The Morgan fingerprint density at radius 3 is 2.14 bits per heavy atom. The van der Waals surface area contributed by atoms with E-state index in [1.54, 1.807) is 6.92 Å². The number of sulfone groups is 1. The highest BCUT2D eigenvalue weighted by Crippen LogP contribution is 2.27. The molecule has 14 heavy (non-hydrogen) atoms. The minimum absolute atomic E-state index is 0.269. The largest absolute Gasteiger partial charge is 0.389 e. The molecular formula is C8H13F3O2S. The zero-order chi connectivity index (χ0) is 11.4. The lowest BCUT2D eigenvalue weighted by molar-refractivity contribution is -0.141. The van der Waals surface area contributed by atoms with Gasteiger partial charge in [0.2, 0.25) is 0 Å². The van der Waals surface area contributed by atoms with E-state index in [1.807, 2.05) is 0 Å². The van der Waals surface area contributed by atoms with Crippen LogP contribution in [-0.4, -0.2) is 20.8 Å². The molecule has 0 radical (unpaired) electrons. The lowest BCUT2D eigenvalue weighted by Gasteiger charge is -2.12. The van der Waals surface area contributed by atoms with Gasteiger partial charge >= 0.3 is 6.18 Å². The topological polar surface area (TPSA) is 34.1 Å². The molecule has 0 amide bonds. The molecule has 0 aromatic carbocycles. The van der Waals surface area contributed by atoms with Crippen LogP contribution >= 0.6 is 0 Å². The van der Waals surface area contributed by atoms with Gasteiger partial charge in [-0.15, -0.1) is 0 Å². The third-order valence-electron chi connectivity index (χ3n) is 1.62. The molecule has 0 aromatic rings. The van der Waals surface area contributed by atoms with Gasteiger partial charge in [-0.1, -0.05) is 13.0 Å². The fourth-order valence-corrected chi connectivity index (χ4v) is 1.41. The van der Waals surface area contributed by atoms with Crippen molar-refractivity contribution in [2.24, 2.45) is 5.92 Å². The van der Waals surface area contributed by atoms with E-state index in [0.29, 0.717) is 0 Å². The van der Waals surface area contributed by atoms with Gasteiger partial charge in [0.1, 0.15) is 0 Å². The molecule has 0 aromatic heterocycles. The molecule has 0 rings (SSSR count). The number of hydrogen-bond donors (Lipinski definition) is 0. The number of hydrogen-bond acceptors (Lipinski definition) is 2. The van der Waals surface area contributed by atoms with Gasteiger partial charge in [0.05, 0.1) is 0 Å². The van der Waals surface area contributed by atoms with Crippen molar-refractivity contribution in [3.8, 4) is 0 Å². The zero-order valence-electron chi connectivity index (χ0n) is 8.00. The lowest BCUT2D eigenvalue weighted by Crippen LogP contribution is -2.13. The second-order valence-electron chi connectivity index (χ2n) is 3.15. The third-order valence-corrected chi connectivity index (χ3v) is 2.27. The Labute approximate surface area is 81.7 Å². The van der Waals surface area contributed by atoms with Crippen molar-refractivity contribution < 1.29 is 21.6 Å². The van der Waals surface area contributed by atoms with Crippen LogP contribution in [0.25, 0.3) is 0 Å². The Hall–Kier alpha value is -0.520. The second-order valence-corrected chi connectivity index (χ2v) is 5.08. The van der Waals surface area contributed by atoms with Crippen LogP contribution in [-0.2, 0) is 9.84 Å². The summed E-state index contributed by atoms with van der Waals surface area (Å²) in [4.78, 5) is 0. The van der Waals surface area contributed by atoms with Gasteiger partial charge in [-0.05, 0) is 12.3 Å². The van der Waals surface area contributed by atoms with Crippen LogP contribution < -0.4 is 0 Å². The average molecular weight is 230 g/mol. The van der Waals surface area contributed by atoms with Crippen molar-refractivity contribution in [1.29, 1.82) is 0 Å². The standard InChI is InChI=1S/C8H13F3O2S/c1-3-7(6-8(9,10)11)4-5-14(2,12)13/h4-5,7H,3,6H2,1-2H3/b5-4+/t7-/m1/s1. The molecule has 2 nitrogen and oxygen atoms in total. The van der Waals surface area contributed by atoms with E-state index >= 15 is 0 Å². The molecule has 0 aliphatic carbocycles. The number of alkyl halides is 3. The predicted molar refractivity (Wildman–Crippen MR) is 48.4 cm³/mol. The predicted octanol–water partition coefficient (Wildman–Crippen LogP) is 2.52. The van der Waals surface area contributed by atoms with Crippen LogP contribution in [0.5, 0.6) is 0 Å². The van der Waals surface area contributed by atoms with Gasteiger partial charge in [0.15, 0.2) is 9.84 Å². The van der Waals surface area contributed by atoms with Crippen molar-refractivity contribution in [3.63, 3.8) is 0 Å². The fourth-order valence-electron chi connectivity index (χ4n) is 0.900. The molecule has 0 heterocycles. The summed E-state index contributed by atoms with van der Waals surface area (Å²) in [5.41, 5.74) is 0. The van der Waals surface area contributed by atoms with Gasteiger partial charge < -0.3 is 0 Å². The first-order chi connectivity index (χ1) is 6.14. The Morgan fingerprint density at radius 2 is 1.86 bits per heavy atom. The van der Waals surface area contributed by atoms with E-state index in [4.69, 9.17) is 0 Å². The SMILES string of the molecule is CC[C@H](/C=C/S(C)(=O)=O)CC(F)(F)F. The molecular weight excluding hydrogens is 217 g/mol. The summed E-state index contributed by atoms with van der Waals surface area (Å²) < 4.78 is 57.1. The Balaban J connectivity index is 4.39. The van der Waals surface area contributed by atoms with Crippen molar-refractivity contribution in [2.45, 2.75) is 25.9 Å². The fraction of sp³-hybridized carbons (Fsp3) is 0.750. The lowest BCUT2D eigenvalue weighted by atomic mass is 10.0. The minimum atomic E-state index is -4.25. The summed E-state index contributed by atoms with van der Waals surface area (Å²) in [5.74, 6) is -0.760. The molecule has 1 atom stereocenters. The summed E-state index contributed by atoms with van der Waals surface area (Å²) in [5, 5.41) is 0.826. The highest BCUT2D eigenvalue weighted by molar-refractivity contribution is 7.93. The first-order valence-corrected chi connectivity index (χ1v) is 6.04. The number of allylic oxidation sites excluding steroid dienone is 1. The minimum Gasteiger partial charge on any atom is -0.225 e. The van der Waals surface area contributed by atoms with Gasteiger partial charge in [-0.3, -0.25) is 0 Å². The van der Waals surface area contributed by atoms with Gasteiger partial charge in [-0.2, -0.15) is 13.2 Å². The van der Waals surface area contributed by atoms with Crippen LogP contribution in [0, 0.1) is 5.92 Å². The summed E-state index contributed by atoms with van der Waals surface area (Å²) in [7, 11) is -3.33. The quantitative estimate of drug-likeness (QED) is 0.743. The summed E-state index contributed by atoms with van der Waals surface area (Å²) in [6, 6.07) is 0. The van der Waals surface area contributed by atoms with E-state index < -0.39 is 28.4 Å². The molecule has 84 valence electrons.